The summed E-state index contributed by atoms with van der Waals surface area (Å²) in [6, 6.07) is 17.8. The SMILES string of the molecule is CCOc1ccc(CC(=O)NCCCOC(C)c2ccccc2)cc1. The Morgan fingerprint density at radius 1 is 1.08 bits per heavy atom. The predicted molar refractivity (Wildman–Crippen MR) is 99.8 cm³/mol. The zero-order valence-electron chi connectivity index (χ0n) is 15.0. The Morgan fingerprint density at radius 3 is 2.48 bits per heavy atom. The van der Waals surface area contributed by atoms with E-state index in [9.17, 15) is 4.79 Å². The third-order valence-corrected chi connectivity index (χ3v) is 3.88. The molecule has 4 nitrogen and oxygen atoms in total. The molecule has 0 spiro atoms. The summed E-state index contributed by atoms with van der Waals surface area (Å²) in [5, 5.41) is 2.93. The van der Waals surface area contributed by atoms with Gasteiger partial charge in [-0.3, -0.25) is 4.79 Å². The predicted octanol–water partition coefficient (Wildman–Crippen LogP) is 3.91. The molecule has 2 aromatic carbocycles. The number of carbonyl (C=O) groups excluding carboxylic acids is 1. The number of hydrogen-bond acceptors (Lipinski definition) is 3. The lowest BCUT2D eigenvalue weighted by molar-refractivity contribution is -0.120. The fraction of sp³-hybridized carbons (Fsp3) is 0.381. The van der Waals surface area contributed by atoms with Crippen molar-refractivity contribution in [2.24, 2.45) is 0 Å². The molecular weight excluding hydrogens is 314 g/mol. The van der Waals surface area contributed by atoms with Crippen LogP contribution in [0.15, 0.2) is 54.6 Å². The molecule has 2 aromatic rings. The summed E-state index contributed by atoms with van der Waals surface area (Å²) < 4.78 is 11.2. The van der Waals surface area contributed by atoms with Crippen molar-refractivity contribution < 1.29 is 14.3 Å². The molecule has 0 aliphatic carbocycles. The van der Waals surface area contributed by atoms with Crippen molar-refractivity contribution in [3.05, 3.63) is 65.7 Å². The molecule has 4 heteroatoms. The maximum absolute atomic E-state index is 12.0. The molecule has 0 aromatic heterocycles. The van der Waals surface area contributed by atoms with Gasteiger partial charge >= 0.3 is 0 Å². The third-order valence-electron chi connectivity index (χ3n) is 3.88. The smallest absolute Gasteiger partial charge is 0.224 e. The Kier molecular flexibility index (Phi) is 7.99. The van der Waals surface area contributed by atoms with Crippen LogP contribution in [0, 0.1) is 0 Å². The number of rotatable bonds is 10. The van der Waals surface area contributed by atoms with Crippen molar-refractivity contribution in [2.45, 2.75) is 32.8 Å². The fourth-order valence-corrected chi connectivity index (χ4v) is 2.50. The molecule has 25 heavy (non-hydrogen) atoms. The van der Waals surface area contributed by atoms with Gasteiger partial charge in [0.05, 0.1) is 19.1 Å². The number of hydrogen-bond donors (Lipinski definition) is 1. The Bertz CT molecular complexity index is 625. The zero-order chi connectivity index (χ0) is 17.9. The minimum Gasteiger partial charge on any atom is -0.494 e. The number of nitrogens with one attached hydrogen (secondary N) is 1. The second-order valence-corrected chi connectivity index (χ2v) is 5.88. The van der Waals surface area contributed by atoms with Gasteiger partial charge in [0.25, 0.3) is 0 Å². The molecule has 0 saturated carbocycles. The van der Waals surface area contributed by atoms with Crippen LogP contribution in [0.3, 0.4) is 0 Å². The highest BCUT2D eigenvalue weighted by atomic mass is 16.5. The number of carbonyl (C=O) groups is 1. The third kappa shape index (κ3) is 6.98. The van der Waals surface area contributed by atoms with Gasteiger partial charge in [-0.25, -0.2) is 0 Å². The van der Waals surface area contributed by atoms with Crippen LogP contribution in [-0.4, -0.2) is 25.7 Å². The quantitative estimate of drug-likeness (QED) is 0.667. The van der Waals surface area contributed by atoms with E-state index in [2.05, 4.69) is 17.4 Å². The minimum absolute atomic E-state index is 0.0280. The number of benzene rings is 2. The van der Waals surface area contributed by atoms with Gasteiger partial charge in [0.1, 0.15) is 5.75 Å². The van der Waals surface area contributed by atoms with E-state index in [4.69, 9.17) is 9.47 Å². The first-order chi connectivity index (χ1) is 12.2. The van der Waals surface area contributed by atoms with Crippen molar-refractivity contribution in [3.63, 3.8) is 0 Å². The summed E-state index contributed by atoms with van der Waals surface area (Å²) in [6.45, 7) is 5.88. The average Bonchev–Trinajstić information content (AvgIpc) is 2.64. The van der Waals surface area contributed by atoms with Crippen LogP contribution < -0.4 is 10.1 Å². The van der Waals surface area contributed by atoms with Gasteiger partial charge in [-0.2, -0.15) is 0 Å². The highest BCUT2D eigenvalue weighted by Gasteiger charge is 2.06. The van der Waals surface area contributed by atoms with Crippen LogP contribution in [0.1, 0.15) is 37.5 Å². The molecule has 1 amide bonds. The molecule has 134 valence electrons. The molecule has 0 bridgehead atoms. The second kappa shape index (κ2) is 10.5. The van der Waals surface area contributed by atoms with E-state index in [1.54, 1.807) is 0 Å². The molecule has 0 heterocycles. The molecule has 1 N–H and O–H groups in total. The second-order valence-electron chi connectivity index (χ2n) is 5.88. The van der Waals surface area contributed by atoms with Gasteiger partial charge in [-0.1, -0.05) is 42.5 Å². The summed E-state index contributed by atoms with van der Waals surface area (Å²) in [5.41, 5.74) is 2.15. The fourth-order valence-electron chi connectivity index (χ4n) is 2.50. The molecule has 0 fully saturated rings. The van der Waals surface area contributed by atoms with E-state index < -0.39 is 0 Å². The molecule has 0 aliphatic rings. The summed E-state index contributed by atoms with van der Waals surface area (Å²) in [4.78, 5) is 12.0. The van der Waals surface area contributed by atoms with Crippen molar-refractivity contribution >= 4 is 5.91 Å². The van der Waals surface area contributed by atoms with E-state index in [0.29, 0.717) is 26.2 Å². The summed E-state index contributed by atoms with van der Waals surface area (Å²) in [6.07, 6.45) is 1.25. The van der Waals surface area contributed by atoms with Crippen molar-refractivity contribution in [1.82, 2.24) is 5.32 Å². The lowest BCUT2D eigenvalue weighted by atomic mass is 10.1. The standard InChI is InChI=1S/C21H27NO3/c1-3-24-20-12-10-18(11-13-20)16-21(23)22-14-7-15-25-17(2)19-8-5-4-6-9-19/h4-6,8-13,17H,3,7,14-16H2,1-2H3,(H,22,23). The zero-order valence-corrected chi connectivity index (χ0v) is 15.0. The Hall–Kier alpha value is -2.33. The first kappa shape index (κ1) is 19.0. The Balaban J connectivity index is 1.60. The van der Waals surface area contributed by atoms with Crippen LogP contribution in [0.5, 0.6) is 5.75 Å². The molecular formula is C21H27NO3. The van der Waals surface area contributed by atoms with Gasteiger partial charge < -0.3 is 14.8 Å². The van der Waals surface area contributed by atoms with E-state index >= 15 is 0 Å². The number of ether oxygens (including phenoxy) is 2. The van der Waals surface area contributed by atoms with E-state index in [0.717, 1.165) is 17.7 Å². The molecule has 1 atom stereocenters. The lowest BCUT2D eigenvalue weighted by Gasteiger charge is -2.13. The highest BCUT2D eigenvalue weighted by molar-refractivity contribution is 5.78. The molecule has 1 unspecified atom stereocenters. The summed E-state index contributed by atoms with van der Waals surface area (Å²) >= 11 is 0. The first-order valence-corrected chi connectivity index (χ1v) is 8.84. The van der Waals surface area contributed by atoms with Gasteiger partial charge in [-0.05, 0) is 43.5 Å². The van der Waals surface area contributed by atoms with Gasteiger partial charge in [-0.15, -0.1) is 0 Å². The molecule has 0 aliphatic heterocycles. The molecule has 0 radical (unpaired) electrons. The Labute approximate surface area is 150 Å². The van der Waals surface area contributed by atoms with Crippen LogP contribution in [0.25, 0.3) is 0 Å². The van der Waals surface area contributed by atoms with Gasteiger partial charge in [0.2, 0.25) is 5.91 Å². The number of amides is 1. The van der Waals surface area contributed by atoms with E-state index in [1.165, 1.54) is 5.56 Å². The summed E-state index contributed by atoms with van der Waals surface area (Å²) in [5.74, 6) is 0.858. The van der Waals surface area contributed by atoms with Crippen molar-refractivity contribution in [1.29, 1.82) is 0 Å². The summed E-state index contributed by atoms with van der Waals surface area (Å²) in [7, 11) is 0. The van der Waals surface area contributed by atoms with Gasteiger partial charge in [0.15, 0.2) is 0 Å². The monoisotopic (exact) mass is 341 g/mol. The van der Waals surface area contributed by atoms with Crippen LogP contribution in [0.2, 0.25) is 0 Å². The van der Waals surface area contributed by atoms with Gasteiger partial charge in [0, 0.05) is 13.2 Å². The van der Waals surface area contributed by atoms with Crippen LogP contribution in [0.4, 0.5) is 0 Å². The first-order valence-electron chi connectivity index (χ1n) is 8.84. The largest absolute Gasteiger partial charge is 0.494 e. The maximum atomic E-state index is 12.0. The van der Waals surface area contributed by atoms with E-state index in [-0.39, 0.29) is 12.0 Å². The topological polar surface area (TPSA) is 47.6 Å². The van der Waals surface area contributed by atoms with Crippen LogP contribution >= 0.6 is 0 Å². The van der Waals surface area contributed by atoms with Crippen molar-refractivity contribution in [3.8, 4) is 5.75 Å². The maximum Gasteiger partial charge on any atom is 0.224 e. The normalized spacial score (nSPS) is 11.8. The lowest BCUT2D eigenvalue weighted by Crippen LogP contribution is -2.26. The van der Waals surface area contributed by atoms with Crippen LogP contribution in [-0.2, 0) is 16.0 Å². The van der Waals surface area contributed by atoms with Crippen molar-refractivity contribution in [2.75, 3.05) is 19.8 Å². The highest BCUT2D eigenvalue weighted by Crippen LogP contribution is 2.15. The average molecular weight is 341 g/mol. The molecule has 2 rings (SSSR count). The Morgan fingerprint density at radius 2 is 1.80 bits per heavy atom. The minimum atomic E-state index is 0.0280. The molecule has 0 saturated heterocycles. The van der Waals surface area contributed by atoms with E-state index in [1.807, 2.05) is 56.3 Å².